The Balaban J connectivity index is 1.62. The third kappa shape index (κ3) is 4.54. The number of aryl methyl sites for hydroxylation is 1. The summed E-state index contributed by atoms with van der Waals surface area (Å²) in [5.41, 5.74) is 2.69. The third-order valence-electron chi connectivity index (χ3n) is 5.32. The Morgan fingerprint density at radius 2 is 1.72 bits per heavy atom. The van der Waals surface area contributed by atoms with Gasteiger partial charge in [0.15, 0.2) is 5.78 Å². The predicted molar refractivity (Wildman–Crippen MR) is 125 cm³/mol. The molecule has 1 amide bonds. The molecule has 164 valence electrons. The molecule has 0 bridgehead atoms. The van der Waals surface area contributed by atoms with E-state index in [0.717, 1.165) is 12.0 Å². The molecule has 8 heteroatoms. The summed E-state index contributed by atoms with van der Waals surface area (Å²) in [7, 11) is -3.87. The number of ketones is 1. The van der Waals surface area contributed by atoms with E-state index in [0.29, 0.717) is 40.5 Å². The molecule has 0 saturated carbocycles. The largest absolute Gasteiger partial charge is 0.308 e. The fourth-order valence-corrected chi connectivity index (χ4v) is 5.03. The molecule has 1 aliphatic rings. The van der Waals surface area contributed by atoms with Crippen LogP contribution in [0.25, 0.3) is 0 Å². The van der Waals surface area contributed by atoms with Crippen LogP contribution < -0.4 is 9.62 Å². The number of amides is 1. The zero-order chi connectivity index (χ0) is 22.9. The van der Waals surface area contributed by atoms with Gasteiger partial charge in [-0.2, -0.15) is 0 Å². The maximum Gasteiger partial charge on any atom is 0.261 e. The highest BCUT2D eigenvalue weighted by atomic mass is 35.5. The Morgan fingerprint density at radius 3 is 2.47 bits per heavy atom. The lowest BCUT2D eigenvalue weighted by Crippen LogP contribution is -2.35. The number of hydrogen-bond acceptors (Lipinski definition) is 4. The standard InChI is InChI=1S/C24H21ClN2O4S/c1-16(28)17-5-3-9-21(14-17)26-32(30,31)22-10-11-23-18(15-22)7-4-12-27(23)24(29)19-6-2-8-20(25)13-19/h2-3,5-6,8-11,13-15,26H,4,7,12H2,1H3. The first kappa shape index (κ1) is 22.0. The lowest BCUT2D eigenvalue weighted by molar-refractivity contribution is 0.0983. The van der Waals surface area contributed by atoms with E-state index in [2.05, 4.69) is 4.72 Å². The van der Waals surface area contributed by atoms with E-state index < -0.39 is 10.0 Å². The van der Waals surface area contributed by atoms with Crippen molar-refractivity contribution in [2.45, 2.75) is 24.7 Å². The number of benzene rings is 3. The molecule has 1 heterocycles. The zero-order valence-corrected chi connectivity index (χ0v) is 18.9. The molecule has 0 unspecified atom stereocenters. The Bertz CT molecular complexity index is 1320. The van der Waals surface area contributed by atoms with E-state index in [-0.39, 0.29) is 16.6 Å². The number of fused-ring (bicyclic) bond motifs is 1. The summed E-state index contributed by atoms with van der Waals surface area (Å²) in [6.45, 7) is 1.97. The first-order chi connectivity index (χ1) is 15.2. The van der Waals surface area contributed by atoms with Crippen molar-refractivity contribution in [1.29, 1.82) is 0 Å². The van der Waals surface area contributed by atoms with Crippen LogP contribution in [-0.2, 0) is 16.4 Å². The number of anilines is 2. The van der Waals surface area contributed by atoms with Gasteiger partial charge in [0, 0.05) is 34.1 Å². The summed E-state index contributed by atoms with van der Waals surface area (Å²) in [6, 6.07) is 17.9. The molecule has 0 atom stereocenters. The molecule has 6 nitrogen and oxygen atoms in total. The molecule has 1 aliphatic heterocycles. The molecule has 1 N–H and O–H groups in total. The number of nitrogens with zero attached hydrogens (tertiary/aromatic N) is 1. The molecule has 0 fully saturated rings. The van der Waals surface area contributed by atoms with Crippen molar-refractivity contribution in [3.63, 3.8) is 0 Å². The minimum absolute atomic E-state index is 0.0986. The molecule has 3 aromatic rings. The molecular formula is C24H21ClN2O4S. The number of Topliss-reactive ketones (excluding diaryl/α,β-unsaturated/α-hetero) is 1. The Morgan fingerprint density at radius 1 is 0.969 bits per heavy atom. The highest BCUT2D eigenvalue weighted by molar-refractivity contribution is 7.92. The summed E-state index contributed by atoms with van der Waals surface area (Å²) in [6.07, 6.45) is 1.38. The van der Waals surface area contributed by atoms with Crippen molar-refractivity contribution in [1.82, 2.24) is 0 Å². The number of rotatable bonds is 5. The van der Waals surface area contributed by atoms with Crippen molar-refractivity contribution >= 4 is 44.7 Å². The van der Waals surface area contributed by atoms with Gasteiger partial charge in [0.1, 0.15) is 0 Å². The van der Waals surface area contributed by atoms with E-state index in [9.17, 15) is 18.0 Å². The fraction of sp³-hybridized carbons (Fsp3) is 0.167. The normalized spacial score (nSPS) is 13.4. The Kier molecular flexibility index (Phi) is 6.04. The summed E-state index contributed by atoms with van der Waals surface area (Å²) in [4.78, 5) is 26.4. The first-order valence-electron chi connectivity index (χ1n) is 10.1. The van der Waals surface area contributed by atoms with Gasteiger partial charge in [0.25, 0.3) is 15.9 Å². The van der Waals surface area contributed by atoms with Crippen LogP contribution in [0.2, 0.25) is 5.02 Å². The molecule has 0 spiro atoms. The molecule has 0 aliphatic carbocycles. The third-order valence-corrected chi connectivity index (χ3v) is 6.93. The van der Waals surface area contributed by atoms with Gasteiger partial charge >= 0.3 is 0 Å². The minimum atomic E-state index is -3.87. The molecule has 0 radical (unpaired) electrons. The van der Waals surface area contributed by atoms with Gasteiger partial charge in [-0.15, -0.1) is 0 Å². The van der Waals surface area contributed by atoms with E-state index in [1.165, 1.54) is 19.1 Å². The topological polar surface area (TPSA) is 83.6 Å². The lowest BCUT2D eigenvalue weighted by atomic mass is 10.0. The number of hydrogen-bond donors (Lipinski definition) is 1. The van der Waals surface area contributed by atoms with E-state index in [4.69, 9.17) is 11.6 Å². The van der Waals surface area contributed by atoms with Gasteiger partial charge in [-0.1, -0.05) is 29.8 Å². The summed E-state index contributed by atoms with van der Waals surface area (Å²) in [5.74, 6) is -0.326. The molecule has 4 rings (SSSR count). The molecule has 3 aromatic carbocycles. The quantitative estimate of drug-likeness (QED) is 0.538. The fourth-order valence-electron chi connectivity index (χ4n) is 3.74. The monoisotopic (exact) mass is 468 g/mol. The highest BCUT2D eigenvalue weighted by Crippen LogP contribution is 2.31. The molecule has 0 saturated heterocycles. The van der Waals surface area contributed by atoms with Crippen LogP contribution >= 0.6 is 11.6 Å². The van der Waals surface area contributed by atoms with E-state index >= 15 is 0 Å². The van der Waals surface area contributed by atoms with Crippen LogP contribution in [0.15, 0.2) is 71.6 Å². The number of carbonyl (C=O) groups excluding carboxylic acids is 2. The maximum atomic E-state index is 13.0. The van der Waals surface area contributed by atoms with Crippen LogP contribution in [0.3, 0.4) is 0 Å². The van der Waals surface area contributed by atoms with Gasteiger partial charge < -0.3 is 4.90 Å². The summed E-state index contributed by atoms with van der Waals surface area (Å²) >= 11 is 6.03. The van der Waals surface area contributed by atoms with E-state index in [1.54, 1.807) is 59.5 Å². The summed E-state index contributed by atoms with van der Waals surface area (Å²) in [5, 5.41) is 0.481. The Labute approximate surface area is 191 Å². The van der Waals surface area contributed by atoms with Gasteiger partial charge in [-0.05, 0) is 73.9 Å². The van der Waals surface area contributed by atoms with Crippen molar-refractivity contribution in [3.05, 3.63) is 88.4 Å². The van der Waals surface area contributed by atoms with Crippen LogP contribution in [0.4, 0.5) is 11.4 Å². The average Bonchev–Trinajstić information content (AvgIpc) is 2.77. The van der Waals surface area contributed by atoms with Crippen LogP contribution in [0.1, 0.15) is 39.6 Å². The predicted octanol–water partition coefficient (Wildman–Crippen LogP) is 4.94. The van der Waals surface area contributed by atoms with Crippen LogP contribution in [0.5, 0.6) is 0 Å². The second kappa shape index (κ2) is 8.76. The van der Waals surface area contributed by atoms with Crippen molar-refractivity contribution in [2.24, 2.45) is 0 Å². The number of nitrogens with one attached hydrogen (secondary N) is 1. The van der Waals surface area contributed by atoms with Gasteiger partial charge in [-0.25, -0.2) is 8.42 Å². The minimum Gasteiger partial charge on any atom is -0.308 e. The van der Waals surface area contributed by atoms with Crippen molar-refractivity contribution in [2.75, 3.05) is 16.2 Å². The van der Waals surface area contributed by atoms with Crippen molar-refractivity contribution < 1.29 is 18.0 Å². The van der Waals surface area contributed by atoms with E-state index in [1.807, 2.05) is 0 Å². The Hall–Kier alpha value is -3.16. The molecule has 0 aromatic heterocycles. The smallest absolute Gasteiger partial charge is 0.261 e. The number of carbonyl (C=O) groups is 2. The van der Waals surface area contributed by atoms with Crippen LogP contribution in [0, 0.1) is 0 Å². The highest BCUT2D eigenvalue weighted by Gasteiger charge is 2.26. The second-order valence-corrected chi connectivity index (χ2v) is 9.72. The molecular weight excluding hydrogens is 448 g/mol. The van der Waals surface area contributed by atoms with Gasteiger partial charge in [-0.3, -0.25) is 14.3 Å². The number of sulfonamides is 1. The second-order valence-electron chi connectivity index (χ2n) is 7.60. The average molecular weight is 469 g/mol. The van der Waals surface area contributed by atoms with Crippen molar-refractivity contribution in [3.8, 4) is 0 Å². The van der Waals surface area contributed by atoms with Gasteiger partial charge in [0.05, 0.1) is 4.90 Å². The molecule has 32 heavy (non-hydrogen) atoms. The summed E-state index contributed by atoms with van der Waals surface area (Å²) < 4.78 is 28.4. The number of halogens is 1. The first-order valence-corrected chi connectivity index (χ1v) is 11.9. The SMILES string of the molecule is CC(=O)c1cccc(NS(=O)(=O)c2ccc3c(c2)CCCN3C(=O)c2cccc(Cl)c2)c1. The zero-order valence-electron chi connectivity index (χ0n) is 17.3. The lowest BCUT2D eigenvalue weighted by Gasteiger charge is -2.30. The maximum absolute atomic E-state index is 13.0. The van der Waals surface area contributed by atoms with Gasteiger partial charge in [0.2, 0.25) is 0 Å². The van der Waals surface area contributed by atoms with Crippen LogP contribution in [-0.4, -0.2) is 26.7 Å².